The van der Waals surface area contributed by atoms with Crippen LogP contribution in [0.2, 0.25) is 0 Å². The molecule has 0 fully saturated rings. The Morgan fingerprint density at radius 3 is 2.71 bits per heavy atom. The van der Waals surface area contributed by atoms with Crippen LogP contribution in [0.5, 0.6) is 0 Å². The van der Waals surface area contributed by atoms with E-state index in [1.165, 1.54) is 5.56 Å². The molecule has 2 aromatic heterocycles. The van der Waals surface area contributed by atoms with E-state index in [4.69, 9.17) is 0 Å². The maximum absolute atomic E-state index is 4.34. The molecule has 0 saturated carbocycles. The summed E-state index contributed by atoms with van der Waals surface area (Å²) in [6.07, 6.45) is 3.39. The van der Waals surface area contributed by atoms with Crippen molar-refractivity contribution in [1.29, 1.82) is 0 Å². The summed E-state index contributed by atoms with van der Waals surface area (Å²) >= 11 is 2.18. The Balaban J connectivity index is 2.05. The van der Waals surface area contributed by atoms with Gasteiger partial charge in [-0.3, -0.25) is 0 Å². The first kappa shape index (κ1) is 10.6. The summed E-state index contributed by atoms with van der Waals surface area (Å²) in [6, 6.07) is 10.3. The molecule has 0 aliphatic carbocycles. The van der Waals surface area contributed by atoms with Crippen molar-refractivity contribution >= 4 is 33.8 Å². The Morgan fingerprint density at radius 2 is 1.88 bits per heavy atom. The molecule has 2 heterocycles. The Hall–Kier alpha value is -1.50. The zero-order chi connectivity index (χ0) is 11.7. The summed E-state index contributed by atoms with van der Waals surface area (Å²) in [5.41, 5.74) is 2.98. The van der Waals surface area contributed by atoms with Crippen molar-refractivity contribution in [3.05, 3.63) is 52.3 Å². The predicted octanol–water partition coefficient (Wildman–Crippen LogP) is 2.48. The first-order valence-electron chi connectivity index (χ1n) is 5.20. The molecule has 0 bridgehead atoms. The van der Waals surface area contributed by atoms with Crippen molar-refractivity contribution in [3.8, 4) is 0 Å². The minimum Gasteiger partial charge on any atom is -0.311 e. The van der Waals surface area contributed by atoms with Crippen LogP contribution in [0.15, 0.2) is 43.0 Å². The van der Waals surface area contributed by atoms with E-state index in [1.807, 2.05) is 29.1 Å². The zero-order valence-corrected chi connectivity index (χ0v) is 11.1. The lowest BCUT2D eigenvalue weighted by Crippen LogP contribution is -1.99. The molecule has 0 unspecified atom stereocenters. The second-order valence-corrected chi connectivity index (χ2v) is 4.72. The van der Waals surface area contributed by atoms with Gasteiger partial charge in [0.25, 0.3) is 0 Å². The van der Waals surface area contributed by atoms with Crippen LogP contribution in [0.25, 0.3) is 11.2 Å². The fourth-order valence-corrected chi connectivity index (χ4v) is 2.25. The topological polar surface area (TPSA) is 43.6 Å². The Morgan fingerprint density at radius 1 is 1.06 bits per heavy atom. The quantitative estimate of drug-likeness (QED) is 0.533. The van der Waals surface area contributed by atoms with Gasteiger partial charge in [0.05, 0.1) is 12.9 Å². The molecular formula is C12H9IN4. The smallest absolute Gasteiger partial charge is 0.164 e. The number of halogens is 1. The number of benzene rings is 1. The van der Waals surface area contributed by atoms with Crippen LogP contribution in [-0.2, 0) is 6.54 Å². The van der Waals surface area contributed by atoms with E-state index >= 15 is 0 Å². The maximum Gasteiger partial charge on any atom is 0.164 e. The number of hydrogen-bond donors (Lipinski definition) is 0. The molecule has 3 aromatic rings. The molecular weight excluding hydrogens is 327 g/mol. The van der Waals surface area contributed by atoms with Crippen molar-refractivity contribution in [3.63, 3.8) is 0 Å². The highest BCUT2D eigenvalue weighted by molar-refractivity contribution is 14.1. The second-order valence-electron chi connectivity index (χ2n) is 3.69. The molecule has 3 rings (SSSR count). The van der Waals surface area contributed by atoms with Gasteiger partial charge in [-0.05, 0) is 28.2 Å². The average Bonchev–Trinajstić information content (AvgIpc) is 2.76. The normalized spacial score (nSPS) is 10.9. The van der Waals surface area contributed by atoms with Crippen molar-refractivity contribution in [2.75, 3.05) is 0 Å². The van der Waals surface area contributed by atoms with Crippen LogP contribution in [0.1, 0.15) is 5.56 Å². The van der Waals surface area contributed by atoms with Crippen LogP contribution in [-0.4, -0.2) is 19.5 Å². The lowest BCUT2D eigenvalue weighted by molar-refractivity contribution is 0.813. The second kappa shape index (κ2) is 4.40. The zero-order valence-electron chi connectivity index (χ0n) is 8.92. The van der Waals surface area contributed by atoms with Crippen LogP contribution >= 0.6 is 22.6 Å². The Labute approximate surface area is 112 Å². The summed E-state index contributed by atoms with van der Waals surface area (Å²) in [4.78, 5) is 12.8. The van der Waals surface area contributed by atoms with E-state index in [2.05, 4.69) is 49.7 Å². The first-order chi connectivity index (χ1) is 8.34. The van der Waals surface area contributed by atoms with E-state index in [0.717, 1.165) is 21.4 Å². The summed E-state index contributed by atoms with van der Waals surface area (Å²) in [7, 11) is 0. The van der Waals surface area contributed by atoms with Crippen molar-refractivity contribution in [2.45, 2.75) is 6.54 Å². The molecule has 0 saturated heterocycles. The number of nitrogens with zero attached hydrogens (tertiary/aromatic N) is 4. The minimum absolute atomic E-state index is 0.782. The largest absolute Gasteiger partial charge is 0.311 e. The number of aromatic nitrogens is 4. The van der Waals surface area contributed by atoms with Crippen LogP contribution in [0.3, 0.4) is 0 Å². The van der Waals surface area contributed by atoms with E-state index in [0.29, 0.717) is 0 Å². The molecule has 0 N–H and O–H groups in total. The highest BCUT2D eigenvalue weighted by Gasteiger charge is 2.07. The molecule has 0 spiro atoms. The molecule has 4 nitrogen and oxygen atoms in total. The van der Waals surface area contributed by atoms with E-state index < -0.39 is 0 Å². The summed E-state index contributed by atoms with van der Waals surface area (Å²) in [6.45, 7) is 0.782. The number of hydrogen-bond acceptors (Lipinski definition) is 3. The third-order valence-corrected chi connectivity index (χ3v) is 3.34. The summed E-state index contributed by atoms with van der Waals surface area (Å²) in [5.74, 6) is 0. The molecule has 17 heavy (non-hydrogen) atoms. The van der Waals surface area contributed by atoms with E-state index in [-0.39, 0.29) is 0 Å². The Kier molecular flexibility index (Phi) is 2.76. The van der Waals surface area contributed by atoms with Gasteiger partial charge in [-0.15, -0.1) is 0 Å². The highest BCUT2D eigenvalue weighted by atomic mass is 127. The molecule has 0 aliphatic heterocycles. The van der Waals surface area contributed by atoms with Gasteiger partial charge in [0.15, 0.2) is 5.65 Å². The fraction of sp³-hybridized carbons (Fsp3) is 0.0833. The number of fused-ring (bicyclic) bond motifs is 1. The van der Waals surface area contributed by atoms with Gasteiger partial charge in [-0.25, -0.2) is 15.0 Å². The van der Waals surface area contributed by atoms with Crippen molar-refractivity contribution in [1.82, 2.24) is 19.5 Å². The molecule has 5 heteroatoms. The van der Waals surface area contributed by atoms with Crippen LogP contribution in [0, 0.1) is 3.70 Å². The predicted molar refractivity (Wildman–Crippen MR) is 73.6 cm³/mol. The van der Waals surface area contributed by atoms with Gasteiger partial charge >= 0.3 is 0 Å². The van der Waals surface area contributed by atoms with Gasteiger partial charge in [-0.2, -0.15) is 0 Å². The van der Waals surface area contributed by atoms with E-state index in [9.17, 15) is 0 Å². The molecule has 84 valence electrons. The fourth-order valence-electron chi connectivity index (χ4n) is 1.75. The van der Waals surface area contributed by atoms with Crippen molar-refractivity contribution in [2.24, 2.45) is 0 Å². The maximum atomic E-state index is 4.34. The van der Waals surface area contributed by atoms with E-state index in [1.54, 1.807) is 6.33 Å². The van der Waals surface area contributed by atoms with Gasteiger partial charge in [0, 0.05) is 0 Å². The van der Waals surface area contributed by atoms with Crippen LogP contribution < -0.4 is 0 Å². The Bertz CT molecular complexity index is 648. The first-order valence-corrected chi connectivity index (χ1v) is 6.28. The molecule has 1 aromatic carbocycles. The monoisotopic (exact) mass is 336 g/mol. The lowest BCUT2D eigenvalue weighted by Gasteiger charge is -2.03. The molecule has 0 amide bonds. The van der Waals surface area contributed by atoms with Gasteiger partial charge in [0.2, 0.25) is 0 Å². The third-order valence-electron chi connectivity index (χ3n) is 2.55. The average molecular weight is 336 g/mol. The van der Waals surface area contributed by atoms with Gasteiger partial charge in [0.1, 0.15) is 15.5 Å². The van der Waals surface area contributed by atoms with Gasteiger partial charge < -0.3 is 4.57 Å². The number of imidazole rings is 1. The lowest BCUT2D eigenvalue weighted by atomic mass is 10.2. The minimum atomic E-state index is 0.782. The molecule has 0 atom stereocenters. The standard InChI is InChI=1S/C12H9IN4/c13-11-10-12(15-7-14-11)17(8-16-10)6-9-4-2-1-3-5-9/h1-5,7-8H,6H2. The van der Waals surface area contributed by atoms with Crippen molar-refractivity contribution < 1.29 is 0 Å². The van der Waals surface area contributed by atoms with Gasteiger partial charge in [-0.1, -0.05) is 30.3 Å². The molecule has 0 radical (unpaired) electrons. The number of rotatable bonds is 2. The third kappa shape index (κ3) is 2.02. The SMILES string of the molecule is Ic1ncnc2c1ncn2Cc1ccccc1. The summed E-state index contributed by atoms with van der Waals surface area (Å²) in [5, 5.41) is 0. The van der Waals surface area contributed by atoms with Crippen LogP contribution in [0.4, 0.5) is 0 Å². The summed E-state index contributed by atoms with van der Waals surface area (Å²) < 4.78 is 2.92. The highest BCUT2D eigenvalue weighted by Crippen LogP contribution is 2.15. The molecule has 0 aliphatic rings.